The van der Waals surface area contributed by atoms with Crippen molar-refractivity contribution < 1.29 is 4.74 Å². The average Bonchev–Trinajstić information content (AvgIpc) is 3.27. The molecule has 0 aliphatic heterocycles. The van der Waals surface area contributed by atoms with Crippen molar-refractivity contribution in [2.45, 2.75) is 32.4 Å². The topological polar surface area (TPSA) is 62.3 Å². The molecule has 0 bridgehead atoms. The first-order chi connectivity index (χ1) is 9.61. The zero-order valence-electron chi connectivity index (χ0n) is 12.4. The lowest BCUT2D eigenvalue weighted by molar-refractivity contribution is 0.111. The van der Waals surface area contributed by atoms with Gasteiger partial charge in [-0.1, -0.05) is 18.2 Å². The molecule has 1 saturated carbocycles. The molecular weight excluding hydrogens is 250 g/mol. The fraction of sp³-hybridized carbons (Fsp3) is 0.562. The van der Waals surface area contributed by atoms with Crippen molar-refractivity contribution in [1.29, 1.82) is 5.41 Å². The number of amidine groups is 1. The predicted octanol–water partition coefficient (Wildman–Crippen LogP) is 2.22. The van der Waals surface area contributed by atoms with Crippen LogP contribution in [0.5, 0.6) is 0 Å². The van der Waals surface area contributed by atoms with Crippen LogP contribution in [0, 0.1) is 11.3 Å². The lowest BCUT2D eigenvalue weighted by Gasteiger charge is -2.29. The molecule has 0 radical (unpaired) electrons. The first kappa shape index (κ1) is 15.0. The van der Waals surface area contributed by atoms with Gasteiger partial charge in [0, 0.05) is 31.8 Å². The van der Waals surface area contributed by atoms with E-state index in [0.717, 1.165) is 31.2 Å². The fourth-order valence-corrected chi connectivity index (χ4v) is 2.58. The number of hydrogen-bond acceptors (Lipinski definition) is 3. The molecule has 0 amide bonds. The van der Waals surface area contributed by atoms with Gasteiger partial charge >= 0.3 is 0 Å². The summed E-state index contributed by atoms with van der Waals surface area (Å²) in [4.78, 5) is 2.47. The molecular formula is C16H25N3O. The van der Waals surface area contributed by atoms with Crippen molar-refractivity contribution in [2.75, 3.05) is 20.3 Å². The van der Waals surface area contributed by atoms with Crippen LogP contribution in [0.15, 0.2) is 24.3 Å². The summed E-state index contributed by atoms with van der Waals surface area (Å²) < 4.78 is 5.23. The van der Waals surface area contributed by atoms with E-state index in [2.05, 4.69) is 17.9 Å². The number of nitrogen functional groups attached to an aromatic ring is 1. The third-order valence-corrected chi connectivity index (χ3v) is 4.09. The van der Waals surface area contributed by atoms with Gasteiger partial charge in [-0.3, -0.25) is 10.3 Å². The zero-order valence-corrected chi connectivity index (χ0v) is 12.4. The van der Waals surface area contributed by atoms with Crippen LogP contribution in [0.2, 0.25) is 0 Å². The molecule has 4 nitrogen and oxygen atoms in total. The lowest BCUT2D eigenvalue weighted by atomic mass is 10.1. The van der Waals surface area contributed by atoms with E-state index in [9.17, 15) is 0 Å². The predicted molar refractivity (Wildman–Crippen MR) is 81.9 cm³/mol. The minimum atomic E-state index is 0.130. The Morgan fingerprint density at radius 3 is 2.85 bits per heavy atom. The first-order valence-corrected chi connectivity index (χ1v) is 7.28. The molecule has 1 aliphatic rings. The minimum absolute atomic E-state index is 0.130. The molecule has 0 spiro atoms. The third kappa shape index (κ3) is 4.05. The molecule has 110 valence electrons. The first-order valence-electron chi connectivity index (χ1n) is 7.28. The second kappa shape index (κ2) is 6.86. The number of nitrogens with zero attached hydrogens (tertiary/aromatic N) is 1. The molecule has 3 N–H and O–H groups in total. The number of ether oxygens (including phenoxy) is 1. The Balaban J connectivity index is 2.05. The van der Waals surface area contributed by atoms with E-state index in [-0.39, 0.29) is 5.84 Å². The number of hydrogen-bond donors (Lipinski definition) is 2. The van der Waals surface area contributed by atoms with E-state index in [1.54, 1.807) is 7.11 Å². The summed E-state index contributed by atoms with van der Waals surface area (Å²) in [6, 6.07) is 8.57. The summed E-state index contributed by atoms with van der Waals surface area (Å²) in [5.74, 6) is 0.966. The van der Waals surface area contributed by atoms with E-state index >= 15 is 0 Å². The van der Waals surface area contributed by atoms with E-state index in [1.807, 2.05) is 18.2 Å². The van der Waals surface area contributed by atoms with Gasteiger partial charge in [0.05, 0.1) is 6.61 Å². The van der Waals surface area contributed by atoms with Gasteiger partial charge in [0.2, 0.25) is 0 Å². The maximum Gasteiger partial charge on any atom is 0.122 e. The number of benzene rings is 1. The summed E-state index contributed by atoms with van der Waals surface area (Å²) in [5, 5.41) is 7.53. The van der Waals surface area contributed by atoms with Crippen LogP contribution >= 0.6 is 0 Å². The Morgan fingerprint density at radius 2 is 2.25 bits per heavy atom. The summed E-state index contributed by atoms with van der Waals surface area (Å²) >= 11 is 0. The molecule has 20 heavy (non-hydrogen) atoms. The standard InChI is InChI=1S/C16H25N3O/c1-12(14-6-7-14)19(8-9-20-2)11-13-4-3-5-15(10-13)16(17)18/h3-5,10,12,14H,6-9,11H2,1-2H3,(H3,17,18). The lowest BCUT2D eigenvalue weighted by Crippen LogP contribution is -2.36. The normalized spacial score (nSPS) is 16.4. The summed E-state index contributed by atoms with van der Waals surface area (Å²) in [6.45, 7) is 4.90. The number of nitrogens with two attached hydrogens (primary N) is 1. The van der Waals surface area contributed by atoms with Gasteiger partial charge in [0.15, 0.2) is 0 Å². The number of nitrogens with one attached hydrogen (secondary N) is 1. The molecule has 1 fully saturated rings. The largest absolute Gasteiger partial charge is 0.384 e. The SMILES string of the molecule is COCCN(Cc1cccc(C(=N)N)c1)C(C)C1CC1. The Kier molecular flexibility index (Phi) is 5.15. The van der Waals surface area contributed by atoms with Crippen molar-refractivity contribution in [3.8, 4) is 0 Å². The molecule has 2 rings (SSSR count). The molecule has 1 aromatic rings. The van der Waals surface area contributed by atoms with Crippen molar-refractivity contribution in [3.05, 3.63) is 35.4 Å². The van der Waals surface area contributed by atoms with Gasteiger partial charge < -0.3 is 10.5 Å². The summed E-state index contributed by atoms with van der Waals surface area (Å²) in [5.41, 5.74) is 7.57. The highest BCUT2D eigenvalue weighted by atomic mass is 16.5. The number of methoxy groups -OCH3 is 1. The van der Waals surface area contributed by atoms with Gasteiger partial charge in [-0.15, -0.1) is 0 Å². The van der Waals surface area contributed by atoms with Gasteiger partial charge in [-0.05, 0) is 37.3 Å². The van der Waals surface area contributed by atoms with Crippen LogP contribution in [0.25, 0.3) is 0 Å². The van der Waals surface area contributed by atoms with Crippen LogP contribution in [-0.4, -0.2) is 37.0 Å². The van der Waals surface area contributed by atoms with E-state index in [1.165, 1.54) is 18.4 Å². The Bertz CT molecular complexity index is 457. The maximum atomic E-state index is 7.53. The van der Waals surface area contributed by atoms with Crippen LogP contribution in [0.3, 0.4) is 0 Å². The van der Waals surface area contributed by atoms with Gasteiger partial charge in [-0.25, -0.2) is 0 Å². The van der Waals surface area contributed by atoms with E-state index < -0.39 is 0 Å². The monoisotopic (exact) mass is 275 g/mol. The second-order valence-electron chi connectivity index (χ2n) is 5.66. The summed E-state index contributed by atoms with van der Waals surface area (Å²) in [6.07, 6.45) is 2.69. The van der Waals surface area contributed by atoms with Crippen molar-refractivity contribution >= 4 is 5.84 Å². The van der Waals surface area contributed by atoms with Crippen molar-refractivity contribution in [2.24, 2.45) is 11.7 Å². The molecule has 0 aromatic heterocycles. The molecule has 1 atom stereocenters. The Morgan fingerprint density at radius 1 is 1.50 bits per heavy atom. The van der Waals surface area contributed by atoms with Crippen LogP contribution in [0.4, 0.5) is 0 Å². The maximum absolute atomic E-state index is 7.53. The molecule has 1 unspecified atom stereocenters. The van der Waals surface area contributed by atoms with Gasteiger partial charge in [-0.2, -0.15) is 0 Å². The Labute approximate surface area is 121 Å². The molecule has 0 saturated heterocycles. The third-order valence-electron chi connectivity index (χ3n) is 4.09. The fourth-order valence-electron chi connectivity index (χ4n) is 2.58. The van der Waals surface area contributed by atoms with Crippen LogP contribution in [-0.2, 0) is 11.3 Å². The highest BCUT2D eigenvalue weighted by molar-refractivity contribution is 5.95. The zero-order chi connectivity index (χ0) is 14.5. The highest BCUT2D eigenvalue weighted by Gasteiger charge is 2.31. The highest BCUT2D eigenvalue weighted by Crippen LogP contribution is 2.35. The van der Waals surface area contributed by atoms with Gasteiger partial charge in [0.1, 0.15) is 5.84 Å². The molecule has 4 heteroatoms. The Hall–Kier alpha value is -1.39. The smallest absolute Gasteiger partial charge is 0.122 e. The van der Waals surface area contributed by atoms with Crippen LogP contribution < -0.4 is 5.73 Å². The molecule has 0 heterocycles. The average molecular weight is 275 g/mol. The van der Waals surface area contributed by atoms with Crippen molar-refractivity contribution in [1.82, 2.24) is 4.90 Å². The summed E-state index contributed by atoms with van der Waals surface area (Å²) in [7, 11) is 1.75. The minimum Gasteiger partial charge on any atom is -0.384 e. The number of rotatable bonds is 8. The molecule has 1 aromatic carbocycles. The quantitative estimate of drug-likeness (QED) is 0.565. The van der Waals surface area contributed by atoms with E-state index in [0.29, 0.717) is 6.04 Å². The van der Waals surface area contributed by atoms with Crippen LogP contribution in [0.1, 0.15) is 30.9 Å². The second-order valence-corrected chi connectivity index (χ2v) is 5.66. The van der Waals surface area contributed by atoms with E-state index in [4.69, 9.17) is 15.9 Å². The molecule has 1 aliphatic carbocycles. The van der Waals surface area contributed by atoms with Crippen molar-refractivity contribution in [3.63, 3.8) is 0 Å². The van der Waals surface area contributed by atoms with Gasteiger partial charge in [0.25, 0.3) is 0 Å².